The summed E-state index contributed by atoms with van der Waals surface area (Å²) in [5.41, 5.74) is 0. The summed E-state index contributed by atoms with van der Waals surface area (Å²) in [4.78, 5) is 19.6. The average Bonchev–Trinajstić information content (AvgIpc) is 3.01. The third kappa shape index (κ3) is 2.69. The lowest BCUT2D eigenvalue weighted by molar-refractivity contribution is 0.743. The standard InChI is InChI=1S/C12H17N7S/c1-9-7-18(5-6-20-9)11-15-10(13-2)16-12(17-11)19-4-3-14-8-19/h3-4,8-9H,5-7H2,1-2H3,(H,13,15,16,17). The van der Waals surface area contributed by atoms with Gasteiger partial charge in [0.2, 0.25) is 17.8 Å². The molecule has 2 aromatic heterocycles. The Morgan fingerprint density at radius 2 is 2.15 bits per heavy atom. The van der Waals surface area contributed by atoms with Crippen molar-refractivity contribution in [2.24, 2.45) is 0 Å². The molecule has 1 aliphatic rings. The quantitative estimate of drug-likeness (QED) is 0.906. The molecule has 1 atom stereocenters. The van der Waals surface area contributed by atoms with Gasteiger partial charge < -0.3 is 10.2 Å². The summed E-state index contributed by atoms with van der Waals surface area (Å²) in [5, 5.41) is 3.58. The second-order valence-corrected chi connectivity index (χ2v) is 6.15. The fourth-order valence-electron chi connectivity index (χ4n) is 2.10. The molecule has 3 heterocycles. The molecule has 0 amide bonds. The number of hydrogen-bond donors (Lipinski definition) is 1. The Balaban J connectivity index is 1.96. The van der Waals surface area contributed by atoms with Gasteiger partial charge in [-0.15, -0.1) is 0 Å². The van der Waals surface area contributed by atoms with Crippen LogP contribution in [0.5, 0.6) is 0 Å². The van der Waals surface area contributed by atoms with Gasteiger partial charge in [-0.05, 0) is 0 Å². The lowest BCUT2D eigenvalue weighted by atomic mass is 10.4. The van der Waals surface area contributed by atoms with Crippen LogP contribution in [-0.2, 0) is 0 Å². The first-order chi connectivity index (χ1) is 9.76. The first-order valence-corrected chi connectivity index (χ1v) is 7.60. The average molecular weight is 291 g/mol. The van der Waals surface area contributed by atoms with E-state index in [2.05, 4.69) is 37.1 Å². The predicted molar refractivity (Wildman–Crippen MR) is 80.6 cm³/mol. The van der Waals surface area contributed by atoms with Crippen LogP contribution in [0.3, 0.4) is 0 Å². The van der Waals surface area contributed by atoms with Gasteiger partial charge >= 0.3 is 0 Å². The lowest BCUT2D eigenvalue weighted by Gasteiger charge is -2.30. The number of thioether (sulfide) groups is 1. The van der Waals surface area contributed by atoms with E-state index in [1.54, 1.807) is 17.1 Å². The summed E-state index contributed by atoms with van der Waals surface area (Å²) in [5.74, 6) is 2.98. The van der Waals surface area contributed by atoms with Crippen LogP contribution < -0.4 is 10.2 Å². The second kappa shape index (κ2) is 5.66. The van der Waals surface area contributed by atoms with E-state index in [1.165, 1.54) is 0 Å². The van der Waals surface area contributed by atoms with Crippen molar-refractivity contribution < 1.29 is 0 Å². The molecule has 3 rings (SSSR count). The molecule has 8 heteroatoms. The molecule has 1 saturated heterocycles. The van der Waals surface area contributed by atoms with Gasteiger partial charge in [0, 0.05) is 43.5 Å². The lowest BCUT2D eigenvalue weighted by Crippen LogP contribution is -2.38. The third-order valence-corrected chi connectivity index (χ3v) is 4.23. The minimum Gasteiger partial charge on any atom is -0.357 e. The molecule has 7 nitrogen and oxygen atoms in total. The smallest absolute Gasteiger partial charge is 0.241 e. The number of aromatic nitrogens is 5. The van der Waals surface area contributed by atoms with E-state index in [0.29, 0.717) is 17.1 Å². The van der Waals surface area contributed by atoms with E-state index in [0.717, 1.165) is 24.8 Å². The van der Waals surface area contributed by atoms with Crippen LogP contribution in [0.25, 0.3) is 5.95 Å². The maximum atomic E-state index is 4.56. The zero-order valence-corrected chi connectivity index (χ0v) is 12.3. The van der Waals surface area contributed by atoms with Crippen molar-refractivity contribution in [2.75, 3.05) is 36.1 Å². The normalized spacial score (nSPS) is 19.1. The Morgan fingerprint density at radius 1 is 1.30 bits per heavy atom. The number of hydrogen-bond acceptors (Lipinski definition) is 7. The van der Waals surface area contributed by atoms with Crippen LogP contribution in [0, 0.1) is 0 Å². The summed E-state index contributed by atoms with van der Waals surface area (Å²) in [6.45, 7) is 4.15. The van der Waals surface area contributed by atoms with Gasteiger partial charge in [0.25, 0.3) is 0 Å². The molecule has 20 heavy (non-hydrogen) atoms. The maximum Gasteiger partial charge on any atom is 0.241 e. The van der Waals surface area contributed by atoms with Gasteiger partial charge in [0.05, 0.1) is 0 Å². The van der Waals surface area contributed by atoms with Crippen molar-refractivity contribution in [1.82, 2.24) is 24.5 Å². The summed E-state index contributed by atoms with van der Waals surface area (Å²) < 4.78 is 1.79. The van der Waals surface area contributed by atoms with Gasteiger partial charge in [0.15, 0.2) is 0 Å². The molecule has 1 N–H and O–H groups in total. The van der Waals surface area contributed by atoms with Crippen LogP contribution in [0.2, 0.25) is 0 Å². The number of rotatable bonds is 3. The monoisotopic (exact) mass is 291 g/mol. The molecule has 0 bridgehead atoms. The van der Waals surface area contributed by atoms with Gasteiger partial charge in [-0.2, -0.15) is 26.7 Å². The molecule has 0 radical (unpaired) electrons. The van der Waals surface area contributed by atoms with Crippen molar-refractivity contribution in [3.63, 3.8) is 0 Å². The molecular weight excluding hydrogens is 274 g/mol. The Labute approximate surface area is 121 Å². The van der Waals surface area contributed by atoms with Crippen LogP contribution in [-0.4, -0.2) is 55.6 Å². The molecule has 106 valence electrons. The molecule has 0 aliphatic carbocycles. The zero-order valence-electron chi connectivity index (χ0n) is 11.5. The highest BCUT2D eigenvalue weighted by atomic mass is 32.2. The van der Waals surface area contributed by atoms with Crippen LogP contribution in [0.1, 0.15) is 6.92 Å². The zero-order chi connectivity index (χ0) is 13.9. The molecule has 2 aromatic rings. The summed E-state index contributed by atoms with van der Waals surface area (Å²) >= 11 is 1.98. The predicted octanol–water partition coefficient (Wildman–Crippen LogP) is 1.04. The molecule has 1 fully saturated rings. The fraction of sp³-hybridized carbons (Fsp3) is 0.500. The molecular formula is C12H17N7S. The minimum absolute atomic E-state index is 0.574. The summed E-state index contributed by atoms with van der Waals surface area (Å²) in [7, 11) is 1.81. The van der Waals surface area contributed by atoms with E-state index in [-0.39, 0.29) is 0 Å². The van der Waals surface area contributed by atoms with Gasteiger partial charge in [0.1, 0.15) is 6.33 Å². The van der Waals surface area contributed by atoms with E-state index in [9.17, 15) is 0 Å². The van der Waals surface area contributed by atoms with Crippen molar-refractivity contribution in [3.05, 3.63) is 18.7 Å². The van der Waals surface area contributed by atoms with Crippen molar-refractivity contribution in [2.45, 2.75) is 12.2 Å². The molecule has 0 aromatic carbocycles. The SMILES string of the molecule is CNc1nc(N2CCSC(C)C2)nc(-n2ccnc2)n1. The first kappa shape index (κ1) is 13.2. The molecule has 0 spiro atoms. The van der Waals surface area contributed by atoms with Crippen molar-refractivity contribution >= 4 is 23.7 Å². The number of nitrogens with zero attached hydrogens (tertiary/aromatic N) is 6. The molecule has 0 saturated carbocycles. The highest BCUT2D eigenvalue weighted by Gasteiger charge is 2.20. The Hall–Kier alpha value is -1.83. The van der Waals surface area contributed by atoms with Crippen LogP contribution in [0.4, 0.5) is 11.9 Å². The summed E-state index contributed by atoms with van der Waals surface area (Å²) in [6.07, 6.45) is 5.22. The highest BCUT2D eigenvalue weighted by molar-refractivity contribution is 8.00. The number of anilines is 2. The van der Waals surface area contributed by atoms with Gasteiger partial charge in [-0.3, -0.25) is 4.57 Å². The molecule has 1 aliphatic heterocycles. The Morgan fingerprint density at radius 3 is 2.85 bits per heavy atom. The first-order valence-electron chi connectivity index (χ1n) is 6.55. The Bertz CT molecular complexity index is 571. The van der Waals surface area contributed by atoms with E-state index >= 15 is 0 Å². The van der Waals surface area contributed by atoms with Gasteiger partial charge in [-0.1, -0.05) is 6.92 Å². The van der Waals surface area contributed by atoms with Gasteiger partial charge in [-0.25, -0.2) is 4.98 Å². The largest absolute Gasteiger partial charge is 0.357 e. The number of imidazole rings is 1. The highest BCUT2D eigenvalue weighted by Crippen LogP contribution is 2.22. The molecule has 1 unspecified atom stereocenters. The summed E-state index contributed by atoms with van der Waals surface area (Å²) in [6, 6.07) is 0. The number of nitrogens with one attached hydrogen (secondary N) is 1. The van der Waals surface area contributed by atoms with E-state index < -0.39 is 0 Å². The van der Waals surface area contributed by atoms with Crippen LogP contribution >= 0.6 is 11.8 Å². The maximum absolute atomic E-state index is 4.56. The van der Waals surface area contributed by atoms with Crippen molar-refractivity contribution in [3.8, 4) is 5.95 Å². The van der Waals surface area contributed by atoms with E-state index in [1.807, 2.05) is 25.0 Å². The Kier molecular flexibility index (Phi) is 3.72. The second-order valence-electron chi connectivity index (χ2n) is 4.61. The third-order valence-electron chi connectivity index (χ3n) is 3.09. The topological polar surface area (TPSA) is 71.8 Å². The van der Waals surface area contributed by atoms with E-state index in [4.69, 9.17) is 0 Å². The minimum atomic E-state index is 0.574. The van der Waals surface area contributed by atoms with Crippen molar-refractivity contribution in [1.29, 1.82) is 0 Å². The fourth-order valence-corrected chi connectivity index (χ4v) is 3.11. The van der Waals surface area contributed by atoms with Crippen LogP contribution in [0.15, 0.2) is 18.7 Å².